The number of anilines is 2. The number of urea groups is 1. The summed E-state index contributed by atoms with van der Waals surface area (Å²) in [7, 11) is 3.07. The van der Waals surface area contributed by atoms with Crippen LogP contribution in [0.5, 0.6) is 11.5 Å². The van der Waals surface area contributed by atoms with E-state index in [-0.39, 0.29) is 11.9 Å². The summed E-state index contributed by atoms with van der Waals surface area (Å²) >= 11 is 0. The van der Waals surface area contributed by atoms with Crippen molar-refractivity contribution in [3.8, 4) is 11.5 Å². The highest BCUT2D eigenvalue weighted by Gasteiger charge is 2.36. The lowest BCUT2D eigenvalue weighted by molar-refractivity contribution is 0.102. The molecule has 1 aliphatic heterocycles. The molecule has 1 aliphatic carbocycles. The zero-order valence-corrected chi connectivity index (χ0v) is 17.3. The first-order chi connectivity index (χ1) is 14.6. The Balaban J connectivity index is 1.41. The Hall–Kier alpha value is -3.29. The van der Waals surface area contributed by atoms with Gasteiger partial charge in [0.05, 0.1) is 26.1 Å². The van der Waals surface area contributed by atoms with Crippen molar-refractivity contribution in [1.82, 2.24) is 9.88 Å². The molecule has 158 valence electrons. The second-order valence-corrected chi connectivity index (χ2v) is 7.49. The van der Waals surface area contributed by atoms with Crippen LogP contribution in [0.15, 0.2) is 36.5 Å². The zero-order chi connectivity index (χ0) is 21.1. The number of rotatable bonds is 6. The van der Waals surface area contributed by atoms with Crippen molar-refractivity contribution in [1.29, 1.82) is 0 Å². The van der Waals surface area contributed by atoms with Crippen molar-refractivity contribution < 1.29 is 19.1 Å². The van der Waals surface area contributed by atoms with E-state index in [1.54, 1.807) is 48.5 Å². The highest BCUT2D eigenvalue weighted by atomic mass is 16.5. The van der Waals surface area contributed by atoms with E-state index in [0.29, 0.717) is 41.2 Å². The number of nitrogens with zero attached hydrogens (tertiary/aromatic N) is 3. The van der Waals surface area contributed by atoms with Crippen LogP contribution in [0.3, 0.4) is 0 Å². The number of benzene rings is 1. The third-order valence-corrected chi connectivity index (χ3v) is 5.73. The number of carbonyl (C=O) groups is 2. The zero-order valence-electron chi connectivity index (χ0n) is 17.3. The first-order valence-corrected chi connectivity index (χ1v) is 10.2. The molecule has 0 spiro atoms. The van der Waals surface area contributed by atoms with Crippen molar-refractivity contribution in [3.05, 3.63) is 42.1 Å². The predicted octanol–water partition coefficient (Wildman–Crippen LogP) is 3.54. The van der Waals surface area contributed by atoms with Gasteiger partial charge in [-0.2, -0.15) is 0 Å². The van der Waals surface area contributed by atoms with Crippen LogP contribution in [0, 0.1) is 0 Å². The van der Waals surface area contributed by atoms with Gasteiger partial charge in [0.1, 0.15) is 5.82 Å². The second kappa shape index (κ2) is 8.61. The predicted molar refractivity (Wildman–Crippen MR) is 113 cm³/mol. The van der Waals surface area contributed by atoms with E-state index < -0.39 is 0 Å². The van der Waals surface area contributed by atoms with Gasteiger partial charge in [0.25, 0.3) is 5.91 Å². The SMILES string of the molecule is COc1ccc(C(=O)Nc2ccc(N3CCN(C4CCCC4)C3=O)nc2)cc1OC. The standard InChI is InChI=1S/C22H26N4O4/c1-29-18-9-7-15(13-19(18)30-2)21(27)24-16-8-10-20(23-14-16)26-12-11-25(22(26)28)17-5-3-4-6-17/h7-10,13-14,17H,3-6,11-12H2,1-2H3,(H,24,27). The fourth-order valence-electron chi connectivity index (χ4n) is 4.12. The maximum Gasteiger partial charge on any atom is 0.326 e. The maximum atomic E-state index is 12.8. The number of pyridine rings is 1. The van der Waals surface area contributed by atoms with E-state index in [4.69, 9.17) is 9.47 Å². The van der Waals surface area contributed by atoms with Crippen LogP contribution in [-0.4, -0.2) is 55.2 Å². The highest BCUT2D eigenvalue weighted by molar-refractivity contribution is 6.04. The molecule has 0 unspecified atom stereocenters. The van der Waals surface area contributed by atoms with Crippen LogP contribution in [0.2, 0.25) is 0 Å². The summed E-state index contributed by atoms with van der Waals surface area (Å²) in [4.78, 5) is 33.4. The van der Waals surface area contributed by atoms with E-state index in [2.05, 4.69) is 10.3 Å². The van der Waals surface area contributed by atoms with Crippen molar-refractivity contribution in [2.45, 2.75) is 31.7 Å². The van der Waals surface area contributed by atoms with Crippen molar-refractivity contribution in [3.63, 3.8) is 0 Å². The number of nitrogens with one attached hydrogen (secondary N) is 1. The van der Waals surface area contributed by atoms with Crippen LogP contribution in [0.1, 0.15) is 36.0 Å². The van der Waals surface area contributed by atoms with Gasteiger partial charge < -0.3 is 19.7 Å². The largest absolute Gasteiger partial charge is 0.493 e. The maximum absolute atomic E-state index is 12.8. The smallest absolute Gasteiger partial charge is 0.326 e. The molecular weight excluding hydrogens is 384 g/mol. The lowest BCUT2D eigenvalue weighted by Crippen LogP contribution is -2.38. The Labute approximate surface area is 175 Å². The highest BCUT2D eigenvalue weighted by Crippen LogP contribution is 2.29. The van der Waals surface area contributed by atoms with Gasteiger partial charge in [-0.25, -0.2) is 9.78 Å². The first-order valence-electron chi connectivity index (χ1n) is 10.2. The summed E-state index contributed by atoms with van der Waals surface area (Å²) in [6.45, 7) is 1.38. The normalized spacial score (nSPS) is 16.8. The molecule has 1 saturated carbocycles. The summed E-state index contributed by atoms with van der Waals surface area (Å²) in [6.07, 6.45) is 6.14. The topological polar surface area (TPSA) is 84.0 Å². The van der Waals surface area contributed by atoms with E-state index in [9.17, 15) is 9.59 Å². The molecule has 1 N–H and O–H groups in total. The van der Waals surface area contributed by atoms with Crippen LogP contribution in [-0.2, 0) is 0 Å². The van der Waals surface area contributed by atoms with Crippen LogP contribution >= 0.6 is 0 Å². The quantitative estimate of drug-likeness (QED) is 0.788. The summed E-state index contributed by atoms with van der Waals surface area (Å²) in [6, 6.07) is 8.88. The van der Waals surface area contributed by atoms with Gasteiger partial charge in [-0.1, -0.05) is 12.8 Å². The number of aromatic nitrogens is 1. The summed E-state index contributed by atoms with van der Waals surface area (Å²) in [5.41, 5.74) is 0.997. The molecule has 2 aromatic rings. The molecule has 1 aromatic heterocycles. The Morgan fingerprint density at radius 3 is 2.50 bits per heavy atom. The van der Waals surface area contributed by atoms with Gasteiger partial charge in [0.15, 0.2) is 11.5 Å². The van der Waals surface area contributed by atoms with Gasteiger partial charge in [-0.3, -0.25) is 9.69 Å². The third kappa shape index (κ3) is 3.90. The minimum absolute atomic E-state index is 0.0245. The summed E-state index contributed by atoms with van der Waals surface area (Å²) < 4.78 is 10.4. The molecule has 0 atom stereocenters. The average molecular weight is 410 g/mol. The Morgan fingerprint density at radius 1 is 1.07 bits per heavy atom. The van der Waals surface area contributed by atoms with Gasteiger partial charge in [0, 0.05) is 24.7 Å². The van der Waals surface area contributed by atoms with Crippen molar-refractivity contribution in [2.24, 2.45) is 0 Å². The number of amides is 3. The van der Waals surface area contributed by atoms with E-state index in [1.807, 2.05) is 4.90 Å². The Bertz CT molecular complexity index is 925. The molecule has 1 aromatic carbocycles. The molecule has 0 radical (unpaired) electrons. The van der Waals surface area contributed by atoms with Crippen molar-refractivity contribution in [2.75, 3.05) is 37.5 Å². The molecule has 3 amide bonds. The third-order valence-electron chi connectivity index (χ3n) is 5.73. The molecule has 30 heavy (non-hydrogen) atoms. The van der Waals surface area contributed by atoms with E-state index >= 15 is 0 Å². The minimum atomic E-state index is -0.282. The van der Waals surface area contributed by atoms with Crippen molar-refractivity contribution >= 4 is 23.4 Å². The lowest BCUT2D eigenvalue weighted by atomic mass is 10.2. The number of hydrogen-bond donors (Lipinski definition) is 1. The molecule has 8 nitrogen and oxygen atoms in total. The summed E-state index contributed by atoms with van der Waals surface area (Å²) in [5, 5.41) is 2.82. The molecule has 4 rings (SSSR count). The number of ether oxygens (including phenoxy) is 2. The first kappa shape index (κ1) is 20.0. The molecule has 0 bridgehead atoms. The lowest BCUT2D eigenvalue weighted by Gasteiger charge is -2.23. The molecule has 2 aliphatic rings. The fraction of sp³-hybridized carbons (Fsp3) is 0.409. The van der Waals surface area contributed by atoms with Gasteiger partial charge in [0.2, 0.25) is 0 Å². The van der Waals surface area contributed by atoms with Crippen LogP contribution < -0.4 is 19.7 Å². The molecule has 2 fully saturated rings. The van der Waals surface area contributed by atoms with Gasteiger partial charge >= 0.3 is 6.03 Å². The molecular formula is C22H26N4O4. The van der Waals surface area contributed by atoms with Crippen LogP contribution in [0.4, 0.5) is 16.3 Å². The molecule has 8 heteroatoms. The van der Waals surface area contributed by atoms with Crippen LogP contribution in [0.25, 0.3) is 0 Å². The van der Waals surface area contributed by atoms with E-state index in [0.717, 1.165) is 19.4 Å². The number of carbonyl (C=O) groups excluding carboxylic acids is 2. The molecule has 2 heterocycles. The summed E-state index contributed by atoms with van der Waals surface area (Å²) in [5.74, 6) is 1.36. The Kier molecular flexibility index (Phi) is 5.74. The number of hydrogen-bond acceptors (Lipinski definition) is 5. The van der Waals surface area contributed by atoms with Gasteiger partial charge in [-0.05, 0) is 43.2 Å². The second-order valence-electron chi connectivity index (χ2n) is 7.49. The minimum Gasteiger partial charge on any atom is -0.493 e. The van der Waals surface area contributed by atoms with E-state index in [1.165, 1.54) is 20.0 Å². The van der Waals surface area contributed by atoms with Gasteiger partial charge in [-0.15, -0.1) is 0 Å². The Morgan fingerprint density at radius 2 is 1.83 bits per heavy atom. The molecule has 1 saturated heterocycles. The number of methoxy groups -OCH3 is 2. The monoisotopic (exact) mass is 410 g/mol. The average Bonchev–Trinajstić information content (AvgIpc) is 3.43. The fourth-order valence-corrected chi connectivity index (χ4v) is 4.12.